The molecule has 2 aliphatic carbocycles. The van der Waals surface area contributed by atoms with Gasteiger partial charge in [0.15, 0.2) is 5.82 Å². The zero-order valence-corrected chi connectivity index (χ0v) is 28.2. The van der Waals surface area contributed by atoms with Gasteiger partial charge >= 0.3 is 0 Å². The van der Waals surface area contributed by atoms with Gasteiger partial charge in [0.2, 0.25) is 0 Å². The lowest BCUT2D eigenvalue weighted by molar-refractivity contribution is 0.656. The normalized spacial score (nSPS) is 14.3. The van der Waals surface area contributed by atoms with Gasteiger partial charge in [0, 0.05) is 44.1 Å². The van der Waals surface area contributed by atoms with Crippen molar-refractivity contribution in [1.82, 2.24) is 14.5 Å². The predicted molar refractivity (Wildman–Crippen MR) is 207 cm³/mol. The molecule has 0 unspecified atom stereocenters. The summed E-state index contributed by atoms with van der Waals surface area (Å²) >= 11 is 0. The fourth-order valence-electron chi connectivity index (χ4n) is 8.57. The summed E-state index contributed by atoms with van der Waals surface area (Å²) < 4.78 is 2.49. The molecule has 2 aromatic heterocycles. The summed E-state index contributed by atoms with van der Waals surface area (Å²) in [5.41, 5.74) is 14.1. The van der Waals surface area contributed by atoms with Crippen LogP contribution in [0.3, 0.4) is 0 Å². The largest absolute Gasteiger partial charge is 0.309 e. The number of aromatic nitrogens is 3. The number of hydrogen-bond acceptors (Lipinski definition) is 2. The van der Waals surface area contributed by atoms with Gasteiger partial charge in [0.05, 0.1) is 22.4 Å². The van der Waals surface area contributed by atoms with Crippen LogP contribution in [-0.4, -0.2) is 14.5 Å². The maximum Gasteiger partial charge on any atom is 0.160 e. The van der Waals surface area contributed by atoms with E-state index in [4.69, 9.17) is 9.97 Å². The van der Waals surface area contributed by atoms with Gasteiger partial charge < -0.3 is 4.57 Å². The first-order valence-corrected chi connectivity index (χ1v) is 17.6. The Labute approximate surface area is 291 Å². The van der Waals surface area contributed by atoms with Crippen LogP contribution in [0, 0.1) is 0 Å². The molecule has 0 bridgehead atoms. The highest BCUT2D eigenvalue weighted by molar-refractivity contribution is 6.15. The van der Waals surface area contributed by atoms with Crippen LogP contribution in [0.25, 0.3) is 84.2 Å². The molecule has 0 fully saturated rings. The fourth-order valence-corrected chi connectivity index (χ4v) is 8.57. The van der Waals surface area contributed by atoms with Crippen LogP contribution in [0.5, 0.6) is 0 Å². The summed E-state index contributed by atoms with van der Waals surface area (Å²) in [6.07, 6.45) is 4.62. The molecule has 0 saturated heterocycles. The number of nitrogens with zero attached hydrogens (tertiary/aromatic N) is 3. The summed E-state index contributed by atoms with van der Waals surface area (Å²) in [7, 11) is 0. The number of para-hydroxylation sites is 1. The Morgan fingerprint density at radius 2 is 1.26 bits per heavy atom. The number of fused-ring (bicyclic) bond motifs is 6. The van der Waals surface area contributed by atoms with Crippen LogP contribution < -0.4 is 10.4 Å². The van der Waals surface area contributed by atoms with Crippen molar-refractivity contribution in [2.75, 3.05) is 0 Å². The molecule has 0 atom stereocenters. The van der Waals surface area contributed by atoms with Gasteiger partial charge in [-0.3, -0.25) is 0 Å². The van der Waals surface area contributed by atoms with E-state index in [1.165, 1.54) is 48.9 Å². The SMILES string of the molecule is CC1(C)C2=c3c(c4c(cc3=CCC2)c2ccccc2n4-c2cccc(-c3nc(-c4ccccc4)cc(-c4ccccc4)n3)c2)-c2ccccc21. The van der Waals surface area contributed by atoms with Gasteiger partial charge in [-0.15, -0.1) is 0 Å². The van der Waals surface area contributed by atoms with Crippen LogP contribution in [0.4, 0.5) is 0 Å². The van der Waals surface area contributed by atoms with Crippen LogP contribution in [0.2, 0.25) is 0 Å². The standard InChI is InChI=1S/C47H35N3/c1-47(2)38-24-11-9-23-36(38)44-43-32(19-14-25-39(43)47)28-37-35-22-10-12-26-42(35)50(45(37)44)34-21-13-20-33(27-34)46-48-40(30-15-5-3-6-16-30)29-41(49-46)31-17-7-4-8-18-31/h3-13,15-24,26-29H,14,25H2,1-2H3. The molecule has 8 aromatic rings. The van der Waals surface area contributed by atoms with Gasteiger partial charge in [-0.2, -0.15) is 0 Å². The zero-order chi connectivity index (χ0) is 33.4. The lowest BCUT2D eigenvalue weighted by Crippen LogP contribution is -2.41. The van der Waals surface area contributed by atoms with Crippen LogP contribution >= 0.6 is 0 Å². The summed E-state index contributed by atoms with van der Waals surface area (Å²) in [6, 6.07) is 52.1. The smallest absolute Gasteiger partial charge is 0.160 e. The second-order valence-corrected chi connectivity index (χ2v) is 14.1. The molecular weight excluding hydrogens is 607 g/mol. The van der Waals surface area contributed by atoms with E-state index in [2.05, 4.69) is 158 Å². The highest BCUT2D eigenvalue weighted by Gasteiger charge is 2.35. The van der Waals surface area contributed by atoms with Gasteiger partial charge in [-0.1, -0.05) is 141 Å². The van der Waals surface area contributed by atoms with Gasteiger partial charge in [0.25, 0.3) is 0 Å². The third-order valence-electron chi connectivity index (χ3n) is 10.9. The molecule has 10 rings (SSSR count). The van der Waals surface area contributed by atoms with E-state index in [1.54, 1.807) is 5.57 Å². The van der Waals surface area contributed by atoms with Crippen molar-refractivity contribution in [2.45, 2.75) is 32.1 Å². The maximum atomic E-state index is 5.17. The summed E-state index contributed by atoms with van der Waals surface area (Å²) in [5.74, 6) is 0.712. The molecule has 3 nitrogen and oxygen atoms in total. The van der Waals surface area contributed by atoms with E-state index in [-0.39, 0.29) is 5.41 Å². The Hall–Kier alpha value is -6.06. The molecule has 50 heavy (non-hydrogen) atoms. The molecule has 0 amide bonds. The Morgan fingerprint density at radius 3 is 2.02 bits per heavy atom. The topological polar surface area (TPSA) is 30.7 Å². The van der Waals surface area contributed by atoms with Crippen LogP contribution in [0.15, 0.2) is 146 Å². The lowest BCUT2D eigenvalue weighted by Gasteiger charge is -2.37. The number of benzene rings is 6. The first kappa shape index (κ1) is 28.9. The van der Waals surface area contributed by atoms with E-state index in [1.807, 2.05) is 12.1 Å². The van der Waals surface area contributed by atoms with Crippen molar-refractivity contribution in [1.29, 1.82) is 0 Å². The first-order chi connectivity index (χ1) is 24.6. The maximum absolute atomic E-state index is 5.17. The van der Waals surface area contributed by atoms with Crippen molar-refractivity contribution in [2.24, 2.45) is 0 Å². The quantitative estimate of drug-likeness (QED) is 0.191. The average molecular weight is 642 g/mol. The third kappa shape index (κ3) is 4.29. The van der Waals surface area contributed by atoms with Crippen molar-refractivity contribution in [3.8, 4) is 50.7 Å². The lowest BCUT2D eigenvalue weighted by atomic mass is 9.67. The average Bonchev–Trinajstić information content (AvgIpc) is 3.51. The zero-order valence-electron chi connectivity index (χ0n) is 28.2. The minimum atomic E-state index is -0.0331. The molecule has 6 aromatic carbocycles. The van der Waals surface area contributed by atoms with Crippen LogP contribution in [-0.2, 0) is 5.41 Å². The number of rotatable bonds is 4. The molecule has 3 heteroatoms. The van der Waals surface area contributed by atoms with Crippen LogP contribution in [0.1, 0.15) is 32.3 Å². The fraction of sp³-hybridized carbons (Fsp3) is 0.106. The van der Waals surface area contributed by atoms with E-state index in [0.717, 1.165) is 46.6 Å². The Bertz CT molecular complexity index is 2710. The first-order valence-electron chi connectivity index (χ1n) is 17.6. The number of hydrogen-bond donors (Lipinski definition) is 0. The van der Waals surface area contributed by atoms with Gasteiger partial charge in [-0.05, 0) is 64.7 Å². The molecule has 238 valence electrons. The highest BCUT2D eigenvalue weighted by atomic mass is 15.0. The Kier molecular flexibility index (Phi) is 6.35. The Morgan fingerprint density at radius 1 is 0.600 bits per heavy atom. The van der Waals surface area contributed by atoms with E-state index >= 15 is 0 Å². The van der Waals surface area contributed by atoms with Gasteiger partial charge in [0.1, 0.15) is 0 Å². The van der Waals surface area contributed by atoms with E-state index < -0.39 is 0 Å². The second kappa shape index (κ2) is 11.0. The van der Waals surface area contributed by atoms with Crippen molar-refractivity contribution < 1.29 is 0 Å². The summed E-state index contributed by atoms with van der Waals surface area (Å²) in [4.78, 5) is 10.3. The van der Waals surface area contributed by atoms with Crippen molar-refractivity contribution in [3.63, 3.8) is 0 Å². The highest BCUT2D eigenvalue weighted by Crippen LogP contribution is 2.46. The van der Waals surface area contributed by atoms with Crippen molar-refractivity contribution >= 4 is 33.5 Å². The summed E-state index contributed by atoms with van der Waals surface area (Å²) in [5, 5.41) is 5.36. The van der Waals surface area contributed by atoms with Crippen molar-refractivity contribution in [3.05, 3.63) is 162 Å². The third-order valence-corrected chi connectivity index (χ3v) is 10.9. The van der Waals surface area contributed by atoms with Gasteiger partial charge in [-0.25, -0.2) is 9.97 Å². The summed E-state index contributed by atoms with van der Waals surface area (Å²) in [6.45, 7) is 4.82. The molecular formula is C47H35N3. The van der Waals surface area contributed by atoms with E-state index in [0.29, 0.717) is 5.82 Å². The molecule has 0 aliphatic heterocycles. The molecule has 2 heterocycles. The molecule has 0 saturated carbocycles. The molecule has 0 radical (unpaired) electrons. The molecule has 0 N–H and O–H groups in total. The molecule has 0 spiro atoms. The second-order valence-electron chi connectivity index (χ2n) is 14.1. The minimum Gasteiger partial charge on any atom is -0.309 e. The minimum absolute atomic E-state index is 0.0331. The van der Waals surface area contributed by atoms with E-state index in [9.17, 15) is 0 Å². The monoisotopic (exact) mass is 641 g/mol. The Balaban J connectivity index is 1.27. The molecule has 2 aliphatic rings. The predicted octanol–water partition coefficient (Wildman–Crippen LogP) is 10.3.